The highest BCUT2D eigenvalue weighted by molar-refractivity contribution is 5.54. The van der Waals surface area contributed by atoms with Gasteiger partial charge in [0.1, 0.15) is 0 Å². The van der Waals surface area contributed by atoms with Crippen molar-refractivity contribution in [2.24, 2.45) is 0 Å². The van der Waals surface area contributed by atoms with Gasteiger partial charge in [-0.25, -0.2) is 4.98 Å². The maximum absolute atomic E-state index is 4.22. The molecule has 90 valence electrons. The second-order valence-electron chi connectivity index (χ2n) is 5.37. The van der Waals surface area contributed by atoms with Crippen molar-refractivity contribution >= 4 is 11.6 Å². The van der Waals surface area contributed by atoms with Crippen molar-refractivity contribution in [3.63, 3.8) is 0 Å². The number of imidazole rings is 1. The molecule has 1 aromatic carbocycles. The summed E-state index contributed by atoms with van der Waals surface area (Å²) in [6.07, 6.45) is 1.81. The lowest BCUT2D eigenvalue weighted by atomic mass is 9.87. The molecule has 2 aromatic rings. The number of H-pyrrole nitrogens is 1. The zero-order chi connectivity index (χ0) is 12.5. The van der Waals surface area contributed by atoms with Gasteiger partial charge in [-0.2, -0.15) is 0 Å². The molecule has 3 nitrogen and oxygen atoms in total. The number of hydrogen-bond donors (Lipinski definition) is 2. The summed E-state index contributed by atoms with van der Waals surface area (Å²) in [4.78, 5) is 7.36. The SMILES string of the molecule is Cc1cnc(Nc2ccc(C(C)(C)C)cc2)[nH]1. The van der Waals surface area contributed by atoms with Crippen molar-refractivity contribution in [3.8, 4) is 0 Å². The molecule has 0 aliphatic heterocycles. The summed E-state index contributed by atoms with van der Waals surface area (Å²) in [6.45, 7) is 8.63. The molecular formula is C14H19N3. The van der Waals surface area contributed by atoms with E-state index in [1.807, 2.05) is 13.1 Å². The van der Waals surface area contributed by atoms with E-state index in [4.69, 9.17) is 0 Å². The predicted octanol–water partition coefficient (Wildman–Crippen LogP) is 3.76. The number of nitrogens with one attached hydrogen (secondary N) is 2. The first-order valence-electron chi connectivity index (χ1n) is 5.84. The van der Waals surface area contributed by atoms with Crippen LogP contribution >= 0.6 is 0 Å². The third-order valence-corrected chi connectivity index (χ3v) is 2.72. The van der Waals surface area contributed by atoms with E-state index in [2.05, 4.69) is 60.3 Å². The summed E-state index contributed by atoms with van der Waals surface area (Å²) in [5.41, 5.74) is 3.63. The highest BCUT2D eigenvalue weighted by Crippen LogP contribution is 2.24. The largest absolute Gasteiger partial charge is 0.328 e. The van der Waals surface area contributed by atoms with Crippen LogP contribution in [0.5, 0.6) is 0 Å². The minimum absolute atomic E-state index is 0.194. The van der Waals surface area contributed by atoms with E-state index in [9.17, 15) is 0 Å². The lowest BCUT2D eigenvalue weighted by molar-refractivity contribution is 0.590. The van der Waals surface area contributed by atoms with Crippen LogP contribution in [0.4, 0.5) is 11.6 Å². The molecule has 0 aliphatic carbocycles. The molecular weight excluding hydrogens is 210 g/mol. The summed E-state index contributed by atoms with van der Waals surface area (Å²) in [5.74, 6) is 0.783. The molecule has 17 heavy (non-hydrogen) atoms. The summed E-state index contributed by atoms with van der Waals surface area (Å²) in [6, 6.07) is 8.47. The number of aromatic nitrogens is 2. The first-order chi connectivity index (χ1) is 7.95. The first-order valence-corrected chi connectivity index (χ1v) is 5.84. The Morgan fingerprint density at radius 3 is 2.24 bits per heavy atom. The molecule has 2 N–H and O–H groups in total. The molecule has 3 heteroatoms. The number of benzene rings is 1. The maximum atomic E-state index is 4.22. The predicted molar refractivity (Wildman–Crippen MR) is 71.7 cm³/mol. The fourth-order valence-corrected chi connectivity index (χ4v) is 1.67. The van der Waals surface area contributed by atoms with Crippen molar-refractivity contribution in [3.05, 3.63) is 41.7 Å². The molecule has 0 atom stereocenters. The van der Waals surface area contributed by atoms with Gasteiger partial charge in [0.15, 0.2) is 0 Å². The maximum Gasteiger partial charge on any atom is 0.204 e. The summed E-state index contributed by atoms with van der Waals surface area (Å²) < 4.78 is 0. The highest BCUT2D eigenvalue weighted by Gasteiger charge is 2.12. The number of hydrogen-bond acceptors (Lipinski definition) is 2. The van der Waals surface area contributed by atoms with Crippen LogP contribution in [-0.4, -0.2) is 9.97 Å². The van der Waals surface area contributed by atoms with Gasteiger partial charge in [-0.3, -0.25) is 0 Å². The van der Waals surface area contributed by atoms with Gasteiger partial charge >= 0.3 is 0 Å². The third-order valence-electron chi connectivity index (χ3n) is 2.72. The van der Waals surface area contributed by atoms with Crippen LogP contribution in [0.3, 0.4) is 0 Å². The van der Waals surface area contributed by atoms with Gasteiger partial charge in [0.25, 0.3) is 0 Å². The monoisotopic (exact) mass is 229 g/mol. The van der Waals surface area contributed by atoms with Gasteiger partial charge < -0.3 is 10.3 Å². The third kappa shape index (κ3) is 2.87. The topological polar surface area (TPSA) is 40.7 Å². The molecule has 0 bridgehead atoms. The standard InChI is InChI=1S/C14H19N3/c1-10-9-15-13(16-10)17-12-7-5-11(6-8-12)14(2,3)4/h5-9H,1-4H3,(H2,15,16,17). The lowest BCUT2D eigenvalue weighted by Gasteiger charge is -2.19. The zero-order valence-electron chi connectivity index (χ0n) is 10.8. The van der Waals surface area contributed by atoms with Gasteiger partial charge in [-0.1, -0.05) is 32.9 Å². The second kappa shape index (κ2) is 4.24. The Morgan fingerprint density at radius 2 is 1.76 bits per heavy atom. The average molecular weight is 229 g/mol. The van der Waals surface area contributed by atoms with Crippen LogP contribution < -0.4 is 5.32 Å². The number of aryl methyl sites for hydroxylation is 1. The quantitative estimate of drug-likeness (QED) is 0.823. The highest BCUT2D eigenvalue weighted by atomic mass is 15.1. The van der Waals surface area contributed by atoms with Crippen LogP contribution in [0.15, 0.2) is 30.5 Å². The first kappa shape index (κ1) is 11.7. The summed E-state index contributed by atoms with van der Waals surface area (Å²) >= 11 is 0. The number of aromatic amines is 1. The van der Waals surface area contributed by atoms with Crippen LogP contribution in [0.2, 0.25) is 0 Å². The van der Waals surface area contributed by atoms with Gasteiger partial charge in [0.2, 0.25) is 5.95 Å². The molecule has 0 saturated carbocycles. The second-order valence-corrected chi connectivity index (χ2v) is 5.37. The van der Waals surface area contributed by atoms with Crippen molar-refractivity contribution in [1.82, 2.24) is 9.97 Å². The normalized spacial score (nSPS) is 11.5. The molecule has 0 spiro atoms. The summed E-state index contributed by atoms with van der Waals surface area (Å²) in [5, 5.41) is 3.24. The van der Waals surface area contributed by atoms with Crippen molar-refractivity contribution in [2.75, 3.05) is 5.32 Å². The molecule has 0 aliphatic rings. The molecule has 0 radical (unpaired) electrons. The Labute approximate surface area is 102 Å². The average Bonchev–Trinajstić information content (AvgIpc) is 2.63. The van der Waals surface area contributed by atoms with Crippen LogP contribution in [0, 0.1) is 6.92 Å². The Balaban J connectivity index is 2.13. The van der Waals surface area contributed by atoms with E-state index < -0.39 is 0 Å². The molecule has 0 unspecified atom stereocenters. The molecule has 1 heterocycles. The van der Waals surface area contributed by atoms with Crippen LogP contribution in [0.25, 0.3) is 0 Å². The van der Waals surface area contributed by atoms with Gasteiger partial charge in [0, 0.05) is 17.6 Å². The number of rotatable bonds is 2. The van der Waals surface area contributed by atoms with Crippen molar-refractivity contribution in [2.45, 2.75) is 33.1 Å². The zero-order valence-corrected chi connectivity index (χ0v) is 10.8. The molecule has 0 amide bonds. The Bertz CT molecular complexity index is 489. The van der Waals surface area contributed by atoms with E-state index in [0.29, 0.717) is 0 Å². The molecule has 1 aromatic heterocycles. The van der Waals surface area contributed by atoms with Gasteiger partial charge in [-0.15, -0.1) is 0 Å². The van der Waals surface area contributed by atoms with Crippen molar-refractivity contribution in [1.29, 1.82) is 0 Å². The van der Waals surface area contributed by atoms with Crippen molar-refractivity contribution < 1.29 is 0 Å². The van der Waals surface area contributed by atoms with Gasteiger partial charge in [0.05, 0.1) is 0 Å². The Morgan fingerprint density at radius 1 is 1.12 bits per heavy atom. The fraction of sp³-hybridized carbons (Fsp3) is 0.357. The van der Waals surface area contributed by atoms with Crippen LogP contribution in [0.1, 0.15) is 32.0 Å². The molecule has 0 saturated heterocycles. The van der Waals surface area contributed by atoms with Gasteiger partial charge in [-0.05, 0) is 30.0 Å². The van der Waals surface area contributed by atoms with E-state index in [-0.39, 0.29) is 5.41 Å². The fourth-order valence-electron chi connectivity index (χ4n) is 1.67. The summed E-state index contributed by atoms with van der Waals surface area (Å²) in [7, 11) is 0. The van der Waals surface area contributed by atoms with Crippen LogP contribution in [-0.2, 0) is 5.41 Å². The van der Waals surface area contributed by atoms with E-state index in [0.717, 1.165) is 17.3 Å². The Hall–Kier alpha value is -1.77. The number of nitrogens with zero attached hydrogens (tertiary/aromatic N) is 1. The Kier molecular flexibility index (Phi) is 2.92. The smallest absolute Gasteiger partial charge is 0.204 e. The van der Waals surface area contributed by atoms with E-state index in [1.54, 1.807) is 0 Å². The number of anilines is 2. The molecule has 2 rings (SSSR count). The minimum Gasteiger partial charge on any atom is -0.328 e. The minimum atomic E-state index is 0.194. The molecule has 0 fully saturated rings. The van der Waals surface area contributed by atoms with E-state index >= 15 is 0 Å². The van der Waals surface area contributed by atoms with E-state index in [1.165, 1.54) is 5.56 Å². The lowest BCUT2D eigenvalue weighted by Crippen LogP contribution is -2.10.